The summed E-state index contributed by atoms with van der Waals surface area (Å²) in [6.45, 7) is 1.02. The fourth-order valence-corrected chi connectivity index (χ4v) is 5.10. The van der Waals surface area contributed by atoms with Gasteiger partial charge in [-0.2, -0.15) is 0 Å². The van der Waals surface area contributed by atoms with E-state index in [1.165, 1.54) is 5.56 Å². The summed E-state index contributed by atoms with van der Waals surface area (Å²) in [4.78, 5) is 50.8. The highest BCUT2D eigenvalue weighted by Crippen LogP contribution is 2.38. The fourth-order valence-electron chi connectivity index (χ4n) is 5.10. The van der Waals surface area contributed by atoms with Gasteiger partial charge < -0.3 is 15.4 Å². The number of carbonyl (C=O) groups excluding carboxylic acids is 4. The molecule has 1 saturated heterocycles. The molecule has 0 bridgehead atoms. The summed E-state index contributed by atoms with van der Waals surface area (Å²) in [7, 11) is 0. The van der Waals surface area contributed by atoms with Crippen LogP contribution in [0.5, 0.6) is 0 Å². The molecule has 3 atom stereocenters. The molecule has 1 saturated carbocycles. The van der Waals surface area contributed by atoms with Crippen LogP contribution in [-0.4, -0.2) is 47.4 Å². The lowest BCUT2D eigenvalue weighted by atomic mass is 9.73. The molecule has 4 amide bonds. The SMILES string of the molecule is C[C@@H]1CCCC[C@]12NC(=O)N(CC(=O)OCC(=O)N[C@@H]1CCCc3ccccc31)C2=O. The highest BCUT2D eigenvalue weighted by Gasteiger charge is 2.55. The van der Waals surface area contributed by atoms with Crippen molar-refractivity contribution in [3.63, 3.8) is 0 Å². The third kappa shape index (κ3) is 4.16. The summed E-state index contributed by atoms with van der Waals surface area (Å²) in [5.74, 6) is -1.53. The largest absolute Gasteiger partial charge is 0.454 e. The minimum absolute atomic E-state index is 0.0165. The van der Waals surface area contributed by atoms with Crippen LogP contribution in [0.3, 0.4) is 0 Å². The van der Waals surface area contributed by atoms with Gasteiger partial charge in [-0.1, -0.05) is 44.0 Å². The number of ether oxygens (including phenoxy) is 1. The molecule has 4 rings (SSSR count). The Hall–Kier alpha value is -2.90. The van der Waals surface area contributed by atoms with Crippen molar-refractivity contribution >= 4 is 23.8 Å². The van der Waals surface area contributed by atoms with E-state index in [0.29, 0.717) is 6.42 Å². The molecular formula is C23H29N3O5. The number of aryl methyl sites for hydroxylation is 1. The van der Waals surface area contributed by atoms with Gasteiger partial charge in [-0.3, -0.25) is 19.3 Å². The van der Waals surface area contributed by atoms with Crippen molar-refractivity contribution in [1.29, 1.82) is 0 Å². The van der Waals surface area contributed by atoms with Crippen LogP contribution in [0, 0.1) is 5.92 Å². The number of carbonyl (C=O) groups is 4. The second kappa shape index (κ2) is 8.69. The maximum absolute atomic E-state index is 12.9. The van der Waals surface area contributed by atoms with Gasteiger partial charge in [-0.25, -0.2) is 4.79 Å². The number of nitrogens with one attached hydrogen (secondary N) is 2. The Labute approximate surface area is 181 Å². The minimum atomic E-state index is -0.915. The van der Waals surface area contributed by atoms with E-state index in [1.54, 1.807) is 0 Å². The van der Waals surface area contributed by atoms with Crippen LogP contribution in [0.1, 0.15) is 62.6 Å². The van der Waals surface area contributed by atoms with Crippen LogP contribution >= 0.6 is 0 Å². The van der Waals surface area contributed by atoms with Crippen molar-refractivity contribution in [1.82, 2.24) is 15.5 Å². The number of fused-ring (bicyclic) bond motifs is 1. The molecule has 2 fully saturated rings. The number of benzene rings is 1. The third-order valence-electron chi connectivity index (χ3n) is 6.86. The molecule has 31 heavy (non-hydrogen) atoms. The number of amides is 4. The van der Waals surface area contributed by atoms with E-state index in [2.05, 4.69) is 16.7 Å². The summed E-state index contributed by atoms with van der Waals surface area (Å²) < 4.78 is 5.07. The fraction of sp³-hybridized carbons (Fsp3) is 0.565. The molecule has 1 aromatic rings. The Balaban J connectivity index is 1.29. The molecule has 1 spiro atoms. The van der Waals surface area contributed by atoms with Crippen molar-refractivity contribution in [2.45, 2.75) is 63.5 Å². The lowest BCUT2D eigenvalue weighted by Gasteiger charge is -2.36. The van der Waals surface area contributed by atoms with Gasteiger partial charge in [0.25, 0.3) is 11.8 Å². The van der Waals surface area contributed by atoms with Gasteiger partial charge in [0.05, 0.1) is 6.04 Å². The summed E-state index contributed by atoms with van der Waals surface area (Å²) in [6.07, 6.45) is 6.12. The zero-order chi connectivity index (χ0) is 22.0. The summed E-state index contributed by atoms with van der Waals surface area (Å²) in [5, 5.41) is 5.72. The van der Waals surface area contributed by atoms with E-state index in [4.69, 9.17) is 4.74 Å². The molecular weight excluding hydrogens is 398 g/mol. The predicted octanol–water partition coefficient (Wildman–Crippen LogP) is 2.22. The first-order valence-corrected chi connectivity index (χ1v) is 11.1. The first-order valence-electron chi connectivity index (χ1n) is 11.1. The van der Waals surface area contributed by atoms with E-state index in [1.807, 2.05) is 25.1 Å². The lowest BCUT2D eigenvalue weighted by Crippen LogP contribution is -2.54. The summed E-state index contributed by atoms with van der Waals surface area (Å²) >= 11 is 0. The van der Waals surface area contributed by atoms with Crippen LogP contribution in [-0.2, 0) is 25.5 Å². The number of urea groups is 1. The average Bonchev–Trinajstić information content (AvgIpc) is 2.99. The maximum atomic E-state index is 12.9. The summed E-state index contributed by atoms with van der Waals surface area (Å²) in [5.41, 5.74) is 1.40. The highest BCUT2D eigenvalue weighted by molar-refractivity contribution is 6.09. The molecule has 166 valence electrons. The number of nitrogens with zero attached hydrogens (tertiary/aromatic N) is 1. The minimum Gasteiger partial charge on any atom is -0.454 e. The second-order valence-electron chi connectivity index (χ2n) is 8.81. The number of esters is 1. The Morgan fingerprint density at radius 1 is 1.19 bits per heavy atom. The van der Waals surface area contributed by atoms with Gasteiger partial charge >= 0.3 is 12.0 Å². The Morgan fingerprint density at radius 2 is 2.00 bits per heavy atom. The molecule has 8 nitrogen and oxygen atoms in total. The van der Waals surface area contributed by atoms with Crippen LogP contribution in [0.2, 0.25) is 0 Å². The Kier molecular flexibility index (Phi) is 5.98. The van der Waals surface area contributed by atoms with Crippen molar-refractivity contribution in [3.05, 3.63) is 35.4 Å². The standard InChI is InChI=1S/C23H29N3O5/c1-15-7-4-5-12-23(15)21(29)26(22(30)25-23)13-20(28)31-14-19(27)24-18-11-6-9-16-8-2-3-10-17(16)18/h2-3,8,10,15,18H,4-7,9,11-14H2,1H3,(H,24,27)(H,25,30)/t15-,18-,23+/m1/s1. The smallest absolute Gasteiger partial charge is 0.326 e. The van der Waals surface area contributed by atoms with E-state index >= 15 is 0 Å². The lowest BCUT2D eigenvalue weighted by molar-refractivity contribution is -0.151. The molecule has 1 aromatic carbocycles. The van der Waals surface area contributed by atoms with Crippen LogP contribution in [0.15, 0.2) is 24.3 Å². The van der Waals surface area contributed by atoms with Gasteiger partial charge in [-0.15, -0.1) is 0 Å². The van der Waals surface area contributed by atoms with Crippen LogP contribution in [0.4, 0.5) is 4.79 Å². The summed E-state index contributed by atoms with van der Waals surface area (Å²) in [6, 6.07) is 7.32. The topological polar surface area (TPSA) is 105 Å². The van der Waals surface area contributed by atoms with Crippen molar-refractivity contribution in [2.24, 2.45) is 5.92 Å². The van der Waals surface area contributed by atoms with Crippen molar-refractivity contribution in [3.8, 4) is 0 Å². The molecule has 1 aliphatic heterocycles. The second-order valence-corrected chi connectivity index (χ2v) is 8.81. The van der Waals surface area contributed by atoms with E-state index in [0.717, 1.165) is 49.0 Å². The van der Waals surface area contributed by atoms with Gasteiger partial charge in [-0.05, 0) is 49.1 Å². The van der Waals surface area contributed by atoms with Gasteiger partial charge in [0, 0.05) is 0 Å². The van der Waals surface area contributed by atoms with Gasteiger partial charge in [0.2, 0.25) is 0 Å². The molecule has 1 heterocycles. The first-order chi connectivity index (χ1) is 14.9. The molecule has 8 heteroatoms. The monoisotopic (exact) mass is 427 g/mol. The van der Waals surface area contributed by atoms with Crippen molar-refractivity contribution < 1.29 is 23.9 Å². The predicted molar refractivity (Wildman–Crippen MR) is 112 cm³/mol. The number of hydrogen-bond donors (Lipinski definition) is 2. The Morgan fingerprint density at radius 3 is 2.81 bits per heavy atom. The van der Waals surface area contributed by atoms with E-state index in [-0.39, 0.29) is 17.9 Å². The highest BCUT2D eigenvalue weighted by atomic mass is 16.5. The number of hydrogen-bond acceptors (Lipinski definition) is 5. The van der Waals surface area contributed by atoms with Gasteiger partial charge in [0.1, 0.15) is 12.1 Å². The normalized spacial score (nSPS) is 27.6. The molecule has 2 aliphatic carbocycles. The Bertz CT molecular complexity index is 901. The average molecular weight is 428 g/mol. The van der Waals surface area contributed by atoms with Crippen LogP contribution < -0.4 is 10.6 Å². The molecule has 3 aliphatic rings. The molecule has 2 N–H and O–H groups in total. The first kappa shape index (κ1) is 21.3. The van der Waals surface area contributed by atoms with Crippen LogP contribution in [0.25, 0.3) is 0 Å². The third-order valence-corrected chi connectivity index (χ3v) is 6.86. The zero-order valence-corrected chi connectivity index (χ0v) is 17.8. The van der Waals surface area contributed by atoms with E-state index < -0.39 is 36.6 Å². The zero-order valence-electron chi connectivity index (χ0n) is 17.8. The molecule has 0 radical (unpaired) electrons. The number of imide groups is 1. The quantitative estimate of drug-likeness (QED) is 0.554. The molecule has 0 unspecified atom stereocenters. The van der Waals surface area contributed by atoms with Crippen molar-refractivity contribution in [2.75, 3.05) is 13.2 Å². The molecule has 0 aromatic heterocycles. The number of rotatable bonds is 5. The maximum Gasteiger partial charge on any atom is 0.326 e. The van der Waals surface area contributed by atoms with E-state index in [9.17, 15) is 19.2 Å². The van der Waals surface area contributed by atoms with Gasteiger partial charge in [0.15, 0.2) is 6.61 Å².